The summed E-state index contributed by atoms with van der Waals surface area (Å²) in [4.78, 5) is 133. The zero-order valence-electron chi connectivity index (χ0n) is 48.9. The highest BCUT2D eigenvalue weighted by atomic mass is 127. The largest absolute Gasteiger partial charge is 0.396 e. The van der Waals surface area contributed by atoms with E-state index in [9.17, 15) is 104 Å². The van der Waals surface area contributed by atoms with Crippen LogP contribution in [0.2, 0.25) is 0 Å². The number of nitrogens with zero attached hydrogens (tertiary/aromatic N) is 3. The molecule has 0 radical (unpaired) electrons. The van der Waals surface area contributed by atoms with E-state index in [1.54, 1.807) is 210 Å². The molecule has 18 N–H and O–H groups in total. The van der Waals surface area contributed by atoms with E-state index >= 15 is 0 Å². The Morgan fingerprint density at radius 1 is 0.337 bits per heavy atom. The molecule has 0 fully saturated rings. The Kier molecular flexibility index (Phi) is 36.8. The van der Waals surface area contributed by atoms with Crippen molar-refractivity contribution in [2.75, 3.05) is 113 Å². The molecule has 39 heteroatoms. The lowest BCUT2D eigenvalue weighted by Gasteiger charge is -2.42. The number of aliphatic hydroxyl groups excluding tert-OH is 11. The lowest BCUT2D eigenvalue weighted by molar-refractivity contribution is -0.118. The number of anilines is 3. The van der Waals surface area contributed by atoms with Crippen LogP contribution in [0.4, 0.5) is 17.1 Å². The van der Waals surface area contributed by atoms with Gasteiger partial charge < -0.3 is 108 Å². The first-order valence-corrected chi connectivity index (χ1v) is 36.6. The fourth-order valence-corrected chi connectivity index (χ4v) is 22.4. The van der Waals surface area contributed by atoms with Gasteiger partial charge in [0.05, 0.1) is 155 Å². The molecule has 512 valence electrons. The summed E-state index contributed by atoms with van der Waals surface area (Å²) >= 11 is 15.4. The summed E-state index contributed by atoms with van der Waals surface area (Å²) in [7, 11) is 0. The lowest BCUT2D eigenvalue weighted by Crippen LogP contribution is -2.60. The molecule has 9 amide bonds. The zero-order chi connectivity index (χ0) is 70.1. The molecule has 0 aliphatic heterocycles. The SMILES string of the molecule is CC(=O)N(CC(O)(CN(C(C)=O)c1c(I)c(C(=O)NCC(O)CO)c(I)c(C(=O)NCC(O)CO)c1I)CN(C(C)=O)c1c(I)c(C(=O)NCC(O)CO)c(I)c(C(=O)NCC(O)CO)c1I)c1c(I)c(C(=O)NCC(C)CO)c(I)c(C(=O)NCC(O)CO)c1I. The van der Waals surface area contributed by atoms with Crippen LogP contribution in [0.1, 0.15) is 89.8 Å². The highest BCUT2D eigenvalue weighted by molar-refractivity contribution is 14.1. The van der Waals surface area contributed by atoms with Gasteiger partial charge in [-0.3, -0.25) is 43.2 Å². The van der Waals surface area contributed by atoms with Crippen LogP contribution in [0.15, 0.2) is 0 Å². The van der Waals surface area contributed by atoms with Gasteiger partial charge in [-0.15, -0.1) is 0 Å². The molecular weight excluding hydrogens is 2240 g/mol. The monoisotopic (exact) mass is 2310 g/mol. The summed E-state index contributed by atoms with van der Waals surface area (Å²) in [5.74, 6) is -8.89. The molecular formula is C53H66I9N9O21. The fraction of sp³-hybridized carbons (Fsp3) is 0.491. The number of hydrogen-bond acceptors (Lipinski definition) is 21. The minimum Gasteiger partial charge on any atom is -0.396 e. The van der Waals surface area contributed by atoms with Crippen LogP contribution < -0.4 is 46.6 Å². The van der Waals surface area contributed by atoms with Gasteiger partial charge in [0.25, 0.3) is 35.4 Å². The third-order valence-corrected chi connectivity index (χ3v) is 22.6. The van der Waals surface area contributed by atoms with Crippen molar-refractivity contribution in [3.05, 3.63) is 65.5 Å². The highest BCUT2D eigenvalue weighted by Gasteiger charge is 2.44. The van der Waals surface area contributed by atoms with Crippen molar-refractivity contribution in [3.63, 3.8) is 0 Å². The van der Waals surface area contributed by atoms with Crippen molar-refractivity contribution in [1.82, 2.24) is 31.9 Å². The predicted molar refractivity (Wildman–Crippen MR) is 409 cm³/mol. The summed E-state index contributed by atoms with van der Waals surface area (Å²) in [6.45, 7) is -5.44. The Labute approximate surface area is 649 Å². The molecule has 0 saturated carbocycles. The van der Waals surface area contributed by atoms with E-state index in [4.69, 9.17) is 0 Å². The van der Waals surface area contributed by atoms with Crippen LogP contribution in [-0.4, -0.2) is 249 Å². The molecule has 92 heavy (non-hydrogen) atoms. The van der Waals surface area contributed by atoms with Crippen molar-refractivity contribution in [2.45, 2.75) is 63.8 Å². The molecule has 6 atom stereocenters. The van der Waals surface area contributed by atoms with Crippen LogP contribution >= 0.6 is 203 Å². The van der Waals surface area contributed by atoms with Gasteiger partial charge in [-0.1, -0.05) is 6.92 Å². The molecule has 3 aromatic carbocycles. The third kappa shape index (κ3) is 22.2. The second kappa shape index (κ2) is 39.7. The number of hydrogen-bond donors (Lipinski definition) is 18. The Bertz CT molecular complexity index is 2780. The van der Waals surface area contributed by atoms with E-state index in [2.05, 4.69) is 31.9 Å². The number of carbonyl (C=O) groups is 9. The first-order valence-electron chi connectivity index (χ1n) is 26.9. The number of carbonyl (C=O) groups excluding carboxylic acids is 9. The Hall–Kier alpha value is -1.02. The molecule has 0 spiro atoms. The second-order valence-corrected chi connectivity index (χ2v) is 30.1. The van der Waals surface area contributed by atoms with Crippen LogP contribution in [0, 0.1) is 38.0 Å². The predicted octanol–water partition coefficient (Wildman–Crippen LogP) is -0.909. The third-order valence-electron chi connectivity index (χ3n) is 13.0. The Morgan fingerprint density at radius 2 is 0.511 bits per heavy atom. The molecule has 0 bridgehead atoms. The van der Waals surface area contributed by atoms with E-state index in [0.717, 1.165) is 35.5 Å². The number of benzene rings is 3. The molecule has 30 nitrogen and oxygen atoms in total. The highest BCUT2D eigenvalue weighted by Crippen LogP contribution is 2.43. The van der Waals surface area contributed by atoms with E-state index in [1.165, 1.54) is 0 Å². The van der Waals surface area contributed by atoms with Gasteiger partial charge in [0.2, 0.25) is 17.7 Å². The van der Waals surface area contributed by atoms with Gasteiger partial charge in [0, 0.05) is 77.4 Å². The molecule has 3 rings (SSSR count). The molecule has 0 aliphatic rings. The van der Waals surface area contributed by atoms with Crippen molar-refractivity contribution < 1.29 is 104 Å². The Balaban J connectivity index is 2.80. The van der Waals surface area contributed by atoms with Crippen molar-refractivity contribution >= 4 is 274 Å². The summed E-state index contributed by atoms with van der Waals surface area (Å²) < 4.78 is -0.577. The maximum Gasteiger partial charge on any atom is 0.253 e. The average Bonchev–Trinajstić information content (AvgIpc) is 0.763. The number of aliphatic hydroxyl groups is 12. The topological polar surface area (TPSA) is 478 Å². The second-order valence-electron chi connectivity index (χ2n) is 20.4. The maximum atomic E-state index is 14.8. The van der Waals surface area contributed by atoms with E-state index in [1.807, 2.05) is 0 Å². The minimum absolute atomic E-state index is 0.00753. The van der Waals surface area contributed by atoms with Crippen LogP contribution in [0.5, 0.6) is 0 Å². The summed E-state index contributed by atoms with van der Waals surface area (Å²) in [6.07, 6.45) is -7.37. The molecule has 0 aliphatic carbocycles. The molecule has 0 saturated heterocycles. The first-order chi connectivity index (χ1) is 43.0. The van der Waals surface area contributed by atoms with Crippen LogP contribution in [0.3, 0.4) is 0 Å². The summed E-state index contributed by atoms with van der Waals surface area (Å²) in [5, 5.41) is 139. The molecule has 0 aromatic heterocycles. The maximum absolute atomic E-state index is 14.8. The molecule has 6 unspecified atom stereocenters. The van der Waals surface area contributed by atoms with Crippen molar-refractivity contribution in [1.29, 1.82) is 0 Å². The van der Waals surface area contributed by atoms with Gasteiger partial charge in [-0.05, 0) is 209 Å². The van der Waals surface area contributed by atoms with Gasteiger partial charge in [0.1, 0.15) is 5.60 Å². The van der Waals surface area contributed by atoms with E-state index in [-0.39, 0.29) is 95.7 Å². The minimum atomic E-state index is -2.84. The van der Waals surface area contributed by atoms with Gasteiger partial charge in [-0.25, -0.2) is 0 Å². The molecule has 3 aromatic rings. The zero-order valence-corrected chi connectivity index (χ0v) is 68.3. The smallest absolute Gasteiger partial charge is 0.253 e. The van der Waals surface area contributed by atoms with Crippen molar-refractivity contribution in [2.24, 2.45) is 5.92 Å². The summed E-state index contributed by atoms with van der Waals surface area (Å²) in [6, 6.07) is 0. The fourth-order valence-electron chi connectivity index (χ4n) is 8.17. The number of nitrogens with one attached hydrogen (secondary N) is 6. The Morgan fingerprint density at radius 3 is 0.663 bits per heavy atom. The number of rotatable bonds is 33. The van der Waals surface area contributed by atoms with Crippen molar-refractivity contribution in [3.8, 4) is 0 Å². The van der Waals surface area contributed by atoms with Crippen LogP contribution in [-0.2, 0) is 14.4 Å². The van der Waals surface area contributed by atoms with E-state index < -0.39 is 181 Å². The number of amides is 9. The van der Waals surface area contributed by atoms with Gasteiger partial charge in [0.15, 0.2) is 0 Å². The normalized spacial score (nSPS) is 13.9. The molecule has 0 heterocycles. The number of halogens is 9. The van der Waals surface area contributed by atoms with Gasteiger partial charge >= 0.3 is 0 Å². The standard InChI is InChI=1S/C53H66I9N9O21/c1-20(11-72)5-63-47(86)29-35(54)30(48(87)64-6-24(81)12-73)39(58)44(38(29)57)69(21(2)78)17-53(92,18-70(22(3)79)45-40(59)31(49(88)65-7-25(82)13-74)36(55)32(41(45)60)50(89)66-8-26(83)14-75)19-71(23(4)80)46-42(61)33(51(90)67-9-27(84)15-76)37(56)34(43(46)62)52(91)68-10-28(85)16-77/h20,24-28,72-77,81-85,92H,5-19H2,1-4H3,(H,63,86)(H,64,87)(H,65,88)(H,66,89)(H,67,90)(H,68,91). The average molecular weight is 2310 g/mol. The first kappa shape index (κ1) is 85.2. The lowest BCUT2D eigenvalue weighted by atomic mass is 9.97. The quantitative estimate of drug-likeness (QED) is 0.0328. The summed E-state index contributed by atoms with van der Waals surface area (Å²) in [5.41, 5.74) is -5.29. The van der Waals surface area contributed by atoms with E-state index in [0.29, 0.717) is 0 Å². The van der Waals surface area contributed by atoms with Crippen LogP contribution in [0.25, 0.3) is 0 Å². The van der Waals surface area contributed by atoms with Gasteiger partial charge in [-0.2, -0.15) is 0 Å².